The highest BCUT2D eigenvalue weighted by Gasteiger charge is 2.46. The number of carbonyl (C=O) groups excluding carboxylic acids is 2. The normalized spacial score (nSPS) is 19.8. The van der Waals surface area contributed by atoms with Gasteiger partial charge < -0.3 is 29.0 Å². The number of hydrogen-bond acceptors (Lipinski definition) is 8. The van der Waals surface area contributed by atoms with Crippen LogP contribution in [0.5, 0.6) is 17.2 Å². The number of ether oxygens (including phenoxy) is 4. The topological polar surface area (TPSA) is 97.8 Å². The number of rotatable bonds is 10. The van der Waals surface area contributed by atoms with E-state index in [2.05, 4.69) is 4.90 Å². The zero-order valence-corrected chi connectivity index (χ0v) is 21.6. The van der Waals surface area contributed by atoms with E-state index in [0.29, 0.717) is 61.2 Å². The van der Waals surface area contributed by atoms with E-state index in [4.69, 9.17) is 18.9 Å². The fourth-order valence-electron chi connectivity index (χ4n) is 4.80. The molecule has 9 nitrogen and oxygen atoms in total. The molecule has 2 fully saturated rings. The Morgan fingerprint density at radius 2 is 1.81 bits per heavy atom. The third-order valence-electron chi connectivity index (χ3n) is 6.66. The van der Waals surface area contributed by atoms with Gasteiger partial charge in [-0.05, 0) is 43.2 Å². The Balaban J connectivity index is 1.73. The molecule has 1 amide bonds. The first-order valence-corrected chi connectivity index (χ1v) is 12.5. The summed E-state index contributed by atoms with van der Waals surface area (Å²) in [6, 6.07) is 11.3. The van der Waals surface area contributed by atoms with Crippen molar-refractivity contribution in [2.24, 2.45) is 0 Å². The molecular formula is C28H34N2O7. The number of carbonyl (C=O) groups is 2. The number of Topliss-reactive ketones (excluding diaryl/α,β-unsaturated/α-hetero) is 1. The summed E-state index contributed by atoms with van der Waals surface area (Å²) >= 11 is 0. The van der Waals surface area contributed by atoms with Gasteiger partial charge in [0, 0.05) is 31.7 Å². The van der Waals surface area contributed by atoms with Crippen LogP contribution in [-0.4, -0.2) is 86.8 Å². The maximum Gasteiger partial charge on any atom is 0.295 e. The number of hydrogen-bond donors (Lipinski definition) is 1. The summed E-state index contributed by atoms with van der Waals surface area (Å²) in [5.41, 5.74) is 1.08. The minimum atomic E-state index is -0.777. The van der Waals surface area contributed by atoms with Gasteiger partial charge in [0.05, 0.1) is 45.7 Å². The van der Waals surface area contributed by atoms with Crippen molar-refractivity contribution in [3.63, 3.8) is 0 Å². The van der Waals surface area contributed by atoms with Gasteiger partial charge in [0.2, 0.25) is 0 Å². The van der Waals surface area contributed by atoms with Gasteiger partial charge in [-0.15, -0.1) is 0 Å². The van der Waals surface area contributed by atoms with Gasteiger partial charge in [0.1, 0.15) is 11.5 Å². The third-order valence-corrected chi connectivity index (χ3v) is 6.66. The van der Waals surface area contributed by atoms with Gasteiger partial charge >= 0.3 is 0 Å². The van der Waals surface area contributed by atoms with Gasteiger partial charge in [0.25, 0.3) is 11.7 Å². The lowest BCUT2D eigenvalue weighted by atomic mass is 9.95. The number of amides is 1. The molecule has 4 rings (SSSR count). The van der Waals surface area contributed by atoms with E-state index in [1.807, 2.05) is 6.92 Å². The Morgan fingerprint density at radius 1 is 1.03 bits per heavy atom. The molecule has 198 valence electrons. The molecule has 0 aromatic heterocycles. The lowest BCUT2D eigenvalue weighted by Gasteiger charge is -2.29. The number of methoxy groups -OCH3 is 2. The Hall–Kier alpha value is -3.56. The van der Waals surface area contributed by atoms with E-state index >= 15 is 0 Å². The van der Waals surface area contributed by atoms with Crippen LogP contribution >= 0.6 is 0 Å². The molecule has 2 aromatic rings. The molecule has 0 saturated carbocycles. The summed E-state index contributed by atoms with van der Waals surface area (Å²) in [5, 5.41) is 11.3. The van der Waals surface area contributed by atoms with Crippen molar-refractivity contribution in [2.45, 2.75) is 19.4 Å². The van der Waals surface area contributed by atoms with E-state index in [-0.39, 0.29) is 11.3 Å². The van der Waals surface area contributed by atoms with Crippen molar-refractivity contribution in [3.05, 3.63) is 59.2 Å². The molecule has 0 aliphatic carbocycles. The fourth-order valence-corrected chi connectivity index (χ4v) is 4.80. The summed E-state index contributed by atoms with van der Waals surface area (Å²) in [6.45, 7) is 6.55. The van der Waals surface area contributed by atoms with E-state index in [0.717, 1.165) is 19.6 Å². The summed E-state index contributed by atoms with van der Waals surface area (Å²) in [6.07, 6.45) is 0.677. The molecule has 0 spiro atoms. The van der Waals surface area contributed by atoms with Crippen LogP contribution in [-0.2, 0) is 14.3 Å². The SMILES string of the molecule is CCOc1ccc(C2C(=C(O)c3cccc(OC)c3)C(=O)C(=O)N2CCCN2CCOCC2)cc1OC. The average Bonchev–Trinajstić information content (AvgIpc) is 3.18. The van der Waals surface area contributed by atoms with Crippen LogP contribution in [0.1, 0.15) is 30.5 Å². The third kappa shape index (κ3) is 5.73. The molecule has 0 radical (unpaired) electrons. The Kier molecular flexibility index (Phi) is 8.68. The lowest BCUT2D eigenvalue weighted by molar-refractivity contribution is -0.140. The number of benzene rings is 2. The molecule has 2 aliphatic rings. The van der Waals surface area contributed by atoms with Crippen LogP contribution in [0, 0.1) is 0 Å². The minimum Gasteiger partial charge on any atom is -0.507 e. The van der Waals surface area contributed by atoms with E-state index in [1.165, 1.54) is 14.2 Å². The van der Waals surface area contributed by atoms with Gasteiger partial charge in [-0.25, -0.2) is 0 Å². The van der Waals surface area contributed by atoms with Crippen molar-refractivity contribution in [1.29, 1.82) is 0 Å². The zero-order valence-electron chi connectivity index (χ0n) is 21.6. The highest BCUT2D eigenvalue weighted by molar-refractivity contribution is 6.46. The van der Waals surface area contributed by atoms with Crippen molar-refractivity contribution < 1.29 is 33.6 Å². The smallest absolute Gasteiger partial charge is 0.295 e. The molecule has 0 bridgehead atoms. The molecule has 1 N–H and O–H groups in total. The summed E-state index contributed by atoms with van der Waals surface area (Å²) in [5.74, 6) is -0.0203. The van der Waals surface area contributed by atoms with Crippen LogP contribution in [0.2, 0.25) is 0 Å². The summed E-state index contributed by atoms with van der Waals surface area (Å²) < 4.78 is 21.9. The van der Waals surface area contributed by atoms with Crippen LogP contribution < -0.4 is 14.2 Å². The zero-order chi connectivity index (χ0) is 26.4. The number of morpholine rings is 1. The molecule has 2 heterocycles. The highest BCUT2D eigenvalue weighted by atomic mass is 16.5. The predicted molar refractivity (Wildman–Crippen MR) is 138 cm³/mol. The minimum absolute atomic E-state index is 0.0378. The molecule has 2 aromatic carbocycles. The molecule has 1 unspecified atom stereocenters. The van der Waals surface area contributed by atoms with E-state index in [9.17, 15) is 14.7 Å². The van der Waals surface area contributed by atoms with Crippen LogP contribution in [0.3, 0.4) is 0 Å². The first-order valence-electron chi connectivity index (χ1n) is 12.5. The fraction of sp³-hybridized carbons (Fsp3) is 0.429. The Morgan fingerprint density at radius 3 is 2.51 bits per heavy atom. The first kappa shape index (κ1) is 26.5. The molecule has 1 atom stereocenters. The second-order valence-corrected chi connectivity index (χ2v) is 8.88. The van der Waals surface area contributed by atoms with Crippen LogP contribution in [0.15, 0.2) is 48.0 Å². The Labute approximate surface area is 217 Å². The van der Waals surface area contributed by atoms with Gasteiger partial charge in [-0.2, -0.15) is 0 Å². The van der Waals surface area contributed by atoms with Gasteiger partial charge in [0.15, 0.2) is 11.5 Å². The molecular weight excluding hydrogens is 476 g/mol. The highest BCUT2D eigenvalue weighted by Crippen LogP contribution is 2.42. The second kappa shape index (κ2) is 12.1. The maximum absolute atomic E-state index is 13.3. The molecule has 2 saturated heterocycles. The predicted octanol–water partition coefficient (Wildman–Crippen LogP) is 3.25. The molecule has 9 heteroatoms. The quantitative estimate of drug-likeness (QED) is 0.296. The van der Waals surface area contributed by atoms with E-state index in [1.54, 1.807) is 47.4 Å². The summed E-state index contributed by atoms with van der Waals surface area (Å²) in [7, 11) is 3.07. The Bertz CT molecular complexity index is 1160. The summed E-state index contributed by atoms with van der Waals surface area (Å²) in [4.78, 5) is 30.4. The van der Waals surface area contributed by atoms with Crippen molar-refractivity contribution >= 4 is 17.4 Å². The number of likely N-dealkylation sites (tertiary alicyclic amines) is 1. The monoisotopic (exact) mass is 510 g/mol. The molecule has 37 heavy (non-hydrogen) atoms. The van der Waals surface area contributed by atoms with Crippen molar-refractivity contribution in [3.8, 4) is 17.2 Å². The second-order valence-electron chi connectivity index (χ2n) is 8.88. The van der Waals surface area contributed by atoms with Gasteiger partial charge in [-0.3, -0.25) is 14.5 Å². The maximum atomic E-state index is 13.3. The van der Waals surface area contributed by atoms with E-state index < -0.39 is 17.7 Å². The molecule has 2 aliphatic heterocycles. The van der Waals surface area contributed by atoms with Gasteiger partial charge in [-0.1, -0.05) is 18.2 Å². The number of aliphatic hydroxyl groups is 1. The largest absolute Gasteiger partial charge is 0.507 e. The number of aliphatic hydroxyl groups excluding tert-OH is 1. The average molecular weight is 511 g/mol. The van der Waals surface area contributed by atoms with Crippen LogP contribution in [0.25, 0.3) is 5.76 Å². The standard InChI is InChI=1S/C28H34N2O7/c1-4-37-22-10-9-19(18-23(22)35-3)25-24(26(31)20-7-5-8-21(17-20)34-2)27(32)28(33)30(25)12-6-11-29-13-15-36-16-14-29/h5,7-10,17-18,25,31H,4,6,11-16H2,1-3H3. The van der Waals surface area contributed by atoms with Crippen LogP contribution in [0.4, 0.5) is 0 Å². The van der Waals surface area contributed by atoms with Crippen molar-refractivity contribution in [1.82, 2.24) is 9.80 Å². The number of ketones is 1. The lowest BCUT2D eigenvalue weighted by Crippen LogP contribution is -2.39. The number of nitrogens with zero attached hydrogens (tertiary/aromatic N) is 2. The van der Waals surface area contributed by atoms with Crippen molar-refractivity contribution in [2.75, 3.05) is 60.2 Å². The first-order chi connectivity index (χ1) is 18.0.